The number of benzene rings is 1. The number of hydrazine groups is 1. The van der Waals surface area contributed by atoms with E-state index < -0.39 is 5.97 Å². The molecule has 0 heterocycles. The number of carbonyl (C=O) groups excluding carboxylic acids is 1. The summed E-state index contributed by atoms with van der Waals surface area (Å²) in [6, 6.07) is 6.06. The number of aromatic carboxylic acids is 1. The van der Waals surface area contributed by atoms with E-state index in [1.807, 2.05) is 0 Å². The van der Waals surface area contributed by atoms with E-state index in [4.69, 9.17) is 5.11 Å². The summed E-state index contributed by atoms with van der Waals surface area (Å²) >= 11 is 0. The highest BCUT2D eigenvalue weighted by Crippen LogP contribution is 2.04. The Balaban J connectivity index is -0.000000275. The SMILES string of the molecule is COCOC.NN.O.O=Cc1ccccc1C(=O)O. The molecule has 0 aromatic heterocycles. The van der Waals surface area contributed by atoms with Crippen LogP contribution in [0.3, 0.4) is 0 Å². The summed E-state index contributed by atoms with van der Waals surface area (Å²) < 4.78 is 8.94. The van der Waals surface area contributed by atoms with Crippen LogP contribution in [0, 0.1) is 0 Å². The Hall–Kier alpha value is -1.84. The zero-order chi connectivity index (χ0) is 14.4. The lowest BCUT2D eigenvalue weighted by Gasteiger charge is -1.95. The van der Waals surface area contributed by atoms with Gasteiger partial charge in [-0.15, -0.1) is 0 Å². The largest absolute Gasteiger partial charge is 0.478 e. The van der Waals surface area contributed by atoms with E-state index in [-0.39, 0.29) is 16.6 Å². The van der Waals surface area contributed by atoms with E-state index in [0.717, 1.165) is 0 Å². The third-order valence-corrected chi connectivity index (χ3v) is 1.55. The van der Waals surface area contributed by atoms with E-state index in [2.05, 4.69) is 21.2 Å². The molecule has 8 heteroatoms. The van der Waals surface area contributed by atoms with Gasteiger partial charge in [-0.05, 0) is 6.07 Å². The molecule has 110 valence electrons. The Kier molecular flexibility index (Phi) is 19.0. The maximum Gasteiger partial charge on any atom is 0.336 e. The third kappa shape index (κ3) is 11.0. The molecule has 0 aliphatic rings. The van der Waals surface area contributed by atoms with Crippen molar-refractivity contribution in [2.24, 2.45) is 11.7 Å². The van der Waals surface area contributed by atoms with E-state index in [1.54, 1.807) is 26.4 Å². The molecule has 1 rings (SSSR count). The minimum Gasteiger partial charge on any atom is -0.478 e. The monoisotopic (exact) mass is 276 g/mol. The number of hydrogen-bond acceptors (Lipinski definition) is 6. The molecule has 0 aliphatic heterocycles. The second-order valence-electron chi connectivity index (χ2n) is 2.71. The number of carboxylic acid groups (broad SMARTS) is 1. The molecule has 0 spiro atoms. The molecule has 0 atom stereocenters. The predicted molar refractivity (Wildman–Crippen MR) is 69.7 cm³/mol. The number of ether oxygens (including phenoxy) is 2. The minimum atomic E-state index is -1.08. The molecule has 8 nitrogen and oxygen atoms in total. The molecule has 0 radical (unpaired) electrons. The zero-order valence-electron chi connectivity index (χ0n) is 10.8. The summed E-state index contributed by atoms with van der Waals surface area (Å²) in [5.41, 5.74) is 0.252. The van der Waals surface area contributed by atoms with Crippen molar-refractivity contribution < 1.29 is 29.6 Å². The van der Waals surface area contributed by atoms with Crippen molar-refractivity contribution in [1.29, 1.82) is 0 Å². The highest BCUT2D eigenvalue weighted by Gasteiger charge is 2.06. The van der Waals surface area contributed by atoms with Crippen molar-refractivity contribution in [3.8, 4) is 0 Å². The van der Waals surface area contributed by atoms with E-state index in [9.17, 15) is 9.59 Å². The van der Waals surface area contributed by atoms with Crippen molar-refractivity contribution in [1.82, 2.24) is 0 Å². The Morgan fingerprint density at radius 2 is 1.74 bits per heavy atom. The minimum absolute atomic E-state index is 0. The predicted octanol–water partition coefficient (Wildman–Crippen LogP) is -0.572. The Morgan fingerprint density at radius 1 is 1.26 bits per heavy atom. The number of rotatable bonds is 4. The van der Waals surface area contributed by atoms with Gasteiger partial charge in [0.05, 0.1) is 5.56 Å². The van der Waals surface area contributed by atoms with Crippen molar-refractivity contribution in [2.75, 3.05) is 21.0 Å². The normalized spacial score (nSPS) is 7.79. The van der Waals surface area contributed by atoms with Crippen LogP contribution < -0.4 is 11.7 Å². The fraction of sp³-hybridized carbons (Fsp3) is 0.273. The number of hydrogen-bond donors (Lipinski definition) is 3. The molecule has 0 unspecified atom stereocenters. The molecule has 7 N–H and O–H groups in total. The number of carboxylic acids is 1. The van der Waals surface area contributed by atoms with Gasteiger partial charge in [0.25, 0.3) is 0 Å². The molecule has 0 bridgehead atoms. The first-order valence-electron chi connectivity index (χ1n) is 4.76. The summed E-state index contributed by atoms with van der Waals surface area (Å²) in [4.78, 5) is 20.7. The number of carbonyl (C=O) groups is 2. The van der Waals surface area contributed by atoms with Gasteiger partial charge in [-0.25, -0.2) is 4.79 Å². The third-order valence-electron chi connectivity index (χ3n) is 1.55. The second-order valence-corrected chi connectivity index (χ2v) is 2.71. The molecule has 19 heavy (non-hydrogen) atoms. The smallest absolute Gasteiger partial charge is 0.336 e. The van der Waals surface area contributed by atoms with Crippen LogP contribution >= 0.6 is 0 Å². The van der Waals surface area contributed by atoms with Crippen LogP contribution in [0.5, 0.6) is 0 Å². The van der Waals surface area contributed by atoms with Crippen LogP contribution in [0.15, 0.2) is 24.3 Å². The lowest BCUT2D eigenvalue weighted by atomic mass is 10.1. The quantitative estimate of drug-likeness (QED) is 0.287. The number of aldehydes is 1. The van der Waals surface area contributed by atoms with Crippen LogP contribution in [0.1, 0.15) is 20.7 Å². The molecule has 0 saturated heterocycles. The molecular formula is C11H20N2O6. The van der Waals surface area contributed by atoms with Crippen molar-refractivity contribution >= 4 is 12.3 Å². The van der Waals surface area contributed by atoms with Crippen LogP contribution in [-0.4, -0.2) is 43.9 Å². The first-order valence-corrected chi connectivity index (χ1v) is 4.76. The number of methoxy groups -OCH3 is 2. The maximum atomic E-state index is 10.4. The Morgan fingerprint density at radius 3 is 2.00 bits per heavy atom. The summed E-state index contributed by atoms with van der Waals surface area (Å²) in [7, 11) is 3.17. The average Bonchev–Trinajstić information content (AvgIpc) is 2.42. The lowest BCUT2D eigenvalue weighted by Crippen LogP contribution is -2.02. The Labute approximate surface area is 111 Å². The van der Waals surface area contributed by atoms with Gasteiger partial charge < -0.3 is 20.1 Å². The van der Waals surface area contributed by atoms with Gasteiger partial charge in [-0.3, -0.25) is 16.5 Å². The molecular weight excluding hydrogens is 256 g/mol. The molecule has 0 saturated carbocycles. The first kappa shape index (κ1) is 22.3. The fourth-order valence-corrected chi connectivity index (χ4v) is 0.912. The van der Waals surface area contributed by atoms with Crippen molar-refractivity contribution in [2.45, 2.75) is 0 Å². The summed E-state index contributed by atoms with van der Waals surface area (Å²) in [6.07, 6.45) is 0.531. The highest BCUT2D eigenvalue weighted by molar-refractivity contribution is 5.96. The van der Waals surface area contributed by atoms with Gasteiger partial charge in [0.1, 0.15) is 6.79 Å². The Bertz CT molecular complexity index is 344. The molecule has 1 aromatic rings. The second kappa shape index (κ2) is 16.2. The van der Waals surface area contributed by atoms with E-state index in [1.165, 1.54) is 12.1 Å². The van der Waals surface area contributed by atoms with Crippen LogP contribution in [-0.2, 0) is 9.47 Å². The van der Waals surface area contributed by atoms with Gasteiger partial charge in [-0.2, -0.15) is 0 Å². The highest BCUT2D eigenvalue weighted by atomic mass is 16.6. The fourth-order valence-electron chi connectivity index (χ4n) is 0.912. The standard InChI is InChI=1S/C8H6O3.C3H8O2.H4N2.H2O/c9-5-6-3-1-2-4-7(6)8(10)11;1-4-3-5-2;1-2;/h1-5H,(H,10,11);3H2,1-2H3;1-2H2;1H2. The van der Waals surface area contributed by atoms with E-state index in [0.29, 0.717) is 13.1 Å². The van der Waals surface area contributed by atoms with Gasteiger partial charge in [0.2, 0.25) is 0 Å². The molecule has 1 aromatic carbocycles. The summed E-state index contributed by atoms with van der Waals surface area (Å²) in [5, 5.41) is 8.54. The van der Waals surface area contributed by atoms with Gasteiger partial charge in [0.15, 0.2) is 6.29 Å². The first-order chi connectivity index (χ1) is 8.67. The van der Waals surface area contributed by atoms with Gasteiger partial charge >= 0.3 is 5.97 Å². The number of nitrogens with two attached hydrogens (primary N) is 2. The molecule has 0 amide bonds. The lowest BCUT2D eigenvalue weighted by molar-refractivity contribution is -0.00272. The molecule has 0 fully saturated rings. The van der Waals surface area contributed by atoms with Crippen molar-refractivity contribution in [3.05, 3.63) is 35.4 Å². The molecule has 0 aliphatic carbocycles. The van der Waals surface area contributed by atoms with Crippen LogP contribution in [0.4, 0.5) is 0 Å². The summed E-state index contributed by atoms with van der Waals surface area (Å²) in [6.45, 7) is 0.389. The van der Waals surface area contributed by atoms with Crippen LogP contribution in [0.25, 0.3) is 0 Å². The van der Waals surface area contributed by atoms with Crippen molar-refractivity contribution in [3.63, 3.8) is 0 Å². The van der Waals surface area contributed by atoms with E-state index >= 15 is 0 Å². The topological polar surface area (TPSA) is 156 Å². The van der Waals surface area contributed by atoms with Gasteiger partial charge in [-0.1, -0.05) is 18.2 Å². The average molecular weight is 276 g/mol. The summed E-state index contributed by atoms with van der Waals surface area (Å²) in [5.74, 6) is 6.92. The zero-order valence-corrected chi connectivity index (χ0v) is 10.8. The van der Waals surface area contributed by atoms with Crippen LogP contribution in [0.2, 0.25) is 0 Å². The van der Waals surface area contributed by atoms with Gasteiger partial charge in [0, 0.05) is 19.8 Å². The maximum absolute atomic E-state index is 10.4.